The van der Waals surface area contributed by atoms with Gasteiger partial charge in [0.05, 0.1) is 30.6 Å². The fourth-order valence-electron chi connectivity index (χ4n) is 3.24. The van der Waals surface area contributed by atoms with Crippen LogP contribution in [0.4, 0.5) is 0 Å². The molecule has 30 heavy (non-hydrogen) atoms. The number of benzene rings is 3. The topological polar surface area (TPSA) is 44.1 Å². The minimum atomic E-state index is -0.346. The quantitative estimate of drug-likeness (QED) is 0.276. The maximum absolute atomic E-state index is 11.9. The van der Waals surface area contributed by atoms with Crippen molar-refractivity contribution in [3.05, 3.63) is 98.9 Å². The van der Waals surface area contributed by atoms with Gasteiger partial charge in [0.25, 0.3) is 0 Å². The van der Waals surface area contributed by atoms with E-state index in [0.29, 0.717) is 12.1 Å². The van der Waals surface area contributed by atoms with Gasteiger partial charge in [0.2, 0.25) is 0 Å². The van der Waals surface area contributed by atoms with Crippen molar-refractivity contribution in [1.82, 2.24) is 9.78 Å². The van der Waals surface area contributed by atoms with Gasteiger partial charge in [0.15, 0.2) is 0 Å². The summed E-state index contributed by atoms with van der Waals surface area (Å²) >= 11 is 6.98. The summed E-state index contributed by atoms with van der Waals surface area (Å²) in [6.45, 7) is 0.534. The summed E-state index contributed by atoms with van der Waals surface area (Å²) in [6.07, 6.45) is 0. The summed E-state index contributed by atoms with van der Waals surface area (Å²) < 4.78 is 8.87. The number of halogens is 2. The Labute approximate surface area is 191 Å². The molecule has 0 amide bonds. The largest absolute Gasteiger partial charge is 0.465 e. The standard InChI is InChI=1S/C24H18Br2N2O2/c1-30-24(29)19-4-2-3-16(13-19)15-28-23(18-7-11-21(26)12-8-18)14-22(27-28)17-5-9-20(25)10-6-17/h2-14H,15H2,1H3. The van der Waals surface area contributed by atoms with Crippen molar-refractivity contribution in [3.8, 4) is 22.5 Å². The summed E-state index contributed by atoms with van der Waals surface area (Å²) in [5.74, 6) is -0.346. The van der Waals surface area contributed by atoms with Crippen molar-refractivity contribution in [2.75, 3.05) is 7.11 Å². The molecule has 3 aromatic carbocycles. The highest BCUT2D eigenvalue weighted by atomic mass is 79.9. The van der Waals surface area contributed by atoms with Crippen LogP contribution in [-0.4, -0.2) is 22.9 Å². The summed E-state index contributed by atoms with van der Waals surface area (Å²) in [4.78, 5) is 11.9. The first-order valence-electron chi connectivity index (χ1n) is 9.30. The van der Waals surface area contributed by atoms with Gasteiger partial charge in [-0.2, -0.15) is 5.10 Å². The molecule has 0 radical (unpaired) electrons. The van der Waals surface area contributed by atoms with E-state index >= 15 is 0 Å². The fraction of sp³-hybridized carbons (Fsp3) is 0.0833. The molecule has 0 fully saturated rings. The molecule has 1 aromatic heterocycles. The van der Waals surface area contributed by atoms with E-state index in [1.807, 2.05) is 59.3 Å². The van der Waals surface area contributed by atoms with Gasteiger partial charge in [-0.3, -0.25) is 4.68 Å². The molecule has 1 heterocycles. The van der Waals surface area contributed by atoms with Crippen molar-refractivity contribution >= 4 is 37.8 Å². The van der Waals surface area contributed by atoms with Crippen LogP contribution in [0.15, 0.2) is 87.8 Å². The Balaban J connectivity index is 1.76. The SMILES string of the molecule is COC(=O)c1cccc(Cn2nc(-c3ccc(Br)cc3)cc2-c2ccc(Br)cc2)c1. The summed E-state index contributed by atoms with van der Waals surface area (Å²) in [6, 6.07) is 25.8. The number of ether oxygens (including phenoxy) is 1. The number of hydrogen-bond donors (Lipinski definition) is 0. The first-order valence-corrected chi connectivity index (χ1v) is 10.9. The Bertz CT molecular complexity index is 1180. The van der Waals surface area contributed by atoms with Gasteiger partial charge in [-0.1, -0.05) is 68.3 Å². The van der Waals surface area contributed by atoms with Crippen LogP contribution in [0.5, 0.6) is 0 Å². The Hall–Kier alpha value is -2.70. The van der Waals surface area contributed by atoms with Gasteiger partial charge in [0, 0.05) is 14.5 Å². The van der Waals surface area contributed by atoms with E-state index < -0.39 is 0 Å². The van der Waals surface area contributed by atoms with Crippen molar-refractivity contribution in [1.29, 1.82) is 0 Å². The zero-order valence-corrected chi connectivity index (χ0v) is 19.4. The Kier molecular flexibility index (Phi) is 6.16. The van der Waals surface area contributed by atoms with E-state index in [4.69, 9.17) is 9.84 Å². The van der Waals surface area contributed by atoms with E-state index in [1.165, 1.54) is 7.11 Å². The molecule has 4 aromatic rings. The van der Waals surface area contributed by atoms with Crippen LogP contribution in [0.1, 0.15) is 15.9 Å². The first-order chi connectivity index (χ1) is 14.5. The summed E-state index contributed by atoms with van der Waals surface area (Å²) in [5, 5.41) is 4.87. The molecule has 4 nitrogen and oxygen atoms in total. The van der Waals surface area contributed by atoms with Crippen LogP contribution in [0.25, 0.3) is 22.5 Å². The maximum atomic E-state index is 11.9. The second-order valence-electron chi connectivity index (χ2n) is 6.78. The van der Waals surface area contributed by atoms with Crippen LogP contribution in [0, 0.1) is 0 Å². The molecule has 0 atom stereocenters. The van der Waals surface area contributed by atoms with Crippen molar-refractivity contribution in [2.24, 2.45) is 0 Å². The van der Waals surface area contributed by atoms with Crippen molar-refractivity contribution < 1.29 is 9.53 Å². The second kappa shape index (κ2) is 8.98. The van der Waals surface area contributed by atoms with Gasteiger partial charge < -0.3 is 4.74 Å². The highest BCUT2D eigenvalue weighted by Gasteiger charge is 2.13. The normalized spacial score (nSPS) is 10.8. The van der Waals surface area contributed by atoms with Gasteiger partial charge in [-0.05, 0) is 53.6 Å². The lowest BCUT2D eigenvalue weighted by molar-refractivity contribution is 0.0600. The molecule has 0 aliphatic heterocycles. The predicted octanol–water partition coefficient (Wildman–Crippen LogP) is 6.58. The van der Waals surface area contributed by atoms with E-state index in [1.54, 1.807) is 6.07 Å². The van der Waals surface area contributed by atoms with Crippen LogP contribution in [0.2, 0.25) is 0 Å². The van der Waals surface area contributed by atoms with Gasteiger partial charge in [0.1, 0.15) is 0 Å². The molecular formula is C24H18Br2N2O2. The Morgan fingerprint density at radius 3 is 2.17 bits per heavy atom. The second-order valence-corrected chi connectivity index (χ2v) is 8.61. The molecule has 0 N–H and O–H groups in total. The molecule has 0 unspecified atom stereocenters. The predicted molar refractivity (Wildman–Crippen MR) is 125 cm³/mol. The molecule has 4 rings (SSSR count). The third-order valence-corrected chi connectivity index (χ3v) is 5.80. The fourth-order valence-corrected chi connectivity index (χ4v) is 3.77. The number of methoxy groups -OCH3 is 1. The highest BCUT2D eigenvalue weighted by Crippen LogP contribution is 2.29. The summed E-state index contributed by atoms with van der Waals surface area (Å²) in [5.41, 5.74) is 5.51. The van der Waals surface area contributed by atoms with Crippen LogP contribution in [-0.2, 0) is 11.3 Å². The molecule has 0 aliphatic rings. The van der Waals surface area contributed by atoms with E-state index in [-0.39, 0.29) is 5.97 Å². The average Bonchev–Trinajstić information content (AvgIpc) is 3.18. The van der Waals surface area contributed by atoms with Gasteiger partial charge in [-0.25, -0.2) is 4.79 Å². The van der Waals surface area contributed by atoms with Crippen molar-refractivity contribution in [3.63, 3.8) is 0 Å². The molecule has 0 saturated carbocycles. The number of carbonyl (C=O) groups is 1. The molecule has 0 saturated heterocycles. The lowest BCUT2D eigenvalue weighted by atomic mass is 10.1. The Morgan fingerprint density at radius 1 is 0.900 bits per heavy atom. The minimum Gasteiger partial charge on any atom is -0.465 e. The number of esters is 1. The first kappa shape index (κ1) is 20.6. The summed E-state index contributed by atoms with van der Waals surface area (Å²) in [7, 11) is 1.39. The third-order valence-electron chi connectivity index (χ3n) is 4.74. The third kappa shape index (κ3) is 4.55. The molecule has 0 aliphatic carbocycles. The smallest absolute Gasteiger partial charge is 0.337 e. The average molecular weight is 526 g/mol. The molecule has 150 valence electrons. The number of aromatic nitrogens is 2. The van der Waals surface area contributed by atoms with Crippen molar-refractivity contribution in [2.45, 2.75) is 6.54 Å². The maximum Gasteiger partial charge on any atom is 0.337 e. The molecular weight excluding hydrogens is 508 g/mol. The molecule has 6 heteroatoms. The molecule has 0 bridgehead atoms. The number of nitrogens with zero attached hydrogens (tertiary/aromatic N) is 2. The van der Waals surface area contributed by atoms with Crippen LogP contribution >= 0.6 is 31.9 Å². The number of carbonyl (C=O) groups excluding carboxylic acids is 1. The lowest BCUT2D eigenvalue weighted by Gasteiger charge is -2.09. The zero-order valence-electron chi connectivity index (χ0n) is 16.2. The van der Waals surface area contributed by atoms with E-state index in [2.05, 4.69) is 50.1 Å². The lowest BCUT2D eigenvalue weighted by Crippen LogP contribution is -2.06. The molecule has 0 spiro atoms. The number of hydrogen-bond acceptors (Lipinski definition) is 3. The monoisotopic (exact) mass is 524 g/mol. The van der Waals surface area contributed by atoms with E-state index in [9.17, 15) is 4.79 Å². The Morgan fingerprint density at radius 2 is 1.53 bits per heavy atom. The minimum absolute atomic E-state index is 0.346. The van der Waals surface area contributed by atoms with E-state index in [0.717, 1.165) is 37.0 Å². The van der Waals surface area contributed by atoms with Crippen LogP contribution in [0.3, 0.4) is 0 Å². The highest BCUT2D eigenvalue weighted by molar-refractivity contribution is 9.10. The zero-order chi connectivity index (χ0) is 21.1. The number of rotatable bonds is 5. The van der Waals surface area contributed by atoms with Gasteiger partial charge >= 0.3 is 5.97 Å². The van der Waals surface area contributed by atoms with Gasteiger partial charge in [-0.15, -0.1) is 0 Å². The van der Waals surface area contributed by atoms with Crippen LogP contribution < -0.4 is 0 Å².